The monoisotopic (exact) mass is 434 g/mol. The molecule has 0 radical (unpaired) electrons. The van der Waals surface area contributed by atoms with Gasteiger partial charge in [0, 0.05) is 19.7 Å². The molecule has 3 aromatic rings. The van der Waals surface area contributed by atoms with Gasteiger partial charge < -0.3 is 14.2 Å². The summed E-state index contributed by atoms with van der Waals surface area (Å²) in [6.45, 7) is 0.459. The Labute approximate surface area is 182 Å². The van der Waals surface area contributed by atoms with Crippen molar-refractivity contribution in [3.05, 3.63) is 76.8 Å². The Morgan fingerprint density at radius 1 is 1.13 bits per heavy atom. The predicted octanol–water partition coefficient (Wildman–Crippen LogP) is 3.78. The molecule has 1 aliphatic rings. The van der Waals surface area contributed by atoms with Gasteiger partial charge in [0.25, 0.3) is 5.91 Å². The van der Waals surface area contributed by atoms with Crippen molar-refractivity contribution in [3.63, 3.8) is 0 Å². The maximum absolute atomic E-state index is 12.8. The standard InChI is InChI=1S/C23H18N2O5S/c1-25(13-14-3-6-16(29-2)7-4-14)23(28)22-10-9-21(31-22)20-12-18(24-30-20)17-11-15(26)5-8-19(17)27/h3-12H,13H2,1-2H3. The number of nitrogens with zero attached hydrogens (tertiary/aromatic N) is 2. The Morgan fingerprint density at radius 2 is 1.90 bits per heavy atom. The average Bonchev–Trinajstić information content (AvgIpc) is 3.45. The van der Waals surface area contributed by atoms with Gasteiger partial charge in [0.05, 0.1) is 22.4 Å². The fourth-order valence-electron chi connectivity index (χ4n) is 3.08. The molecule has 1 aliphatic carbocycles. The number of methoxy groups -OCH3 is 1. The van der Waals surface area contributed by atoms with E-state index in [0.29, 0.717) is 22.1 Å². The van der Waals surface area contributed by atoms with E-state index in [4.69, 9.17) is 9.26 Å². The van der Waals surface area contributed by atoms with Crippen LogP contribution in [0.15, 0.2) is 65.2 Å². The number of hydrogen-bond acceptors (Lipinski definition) is 7. The molecular formula is C23H18N2O5S. The van der Waals surface area contributed by atoms with E-state index in [-0.39, 0.29) is 28.7 Å². The summed E-state index contributed by atoms with van der Waals surface area (Å²) in [4.78, 5) is 39.2. The highest BCUT2D eigenvalue weighted by Crippen LogP contribution is 2.31. The van der Waals surface area contributed by atoms with E-state index in [1.54, 1.807) is 37.3 Å². The van der Waals surface area contributed by atoms with E-state index in [1.165, 1.54) is 29.6 Å². The first-order valence-corrected chi connectivity index (χ1v) is 10.2. The fraction of sp³-hybridized carbons (Fsp3) is 0.130. The molecule has 2 aromatic heterocycles. The summed E-state index contributed by atoms with van der Waals surface area (Å²) >= 11 is 1.27. The largest absolute Gasteiger partial charge is 0.497 e. The summed E-state index contributed by atoms with van der Waals surface area (Å²) < 4.78 is 10.5. The maximum Gasteiger partial charge on any atom is 0.263 e. The second-order valence-corrected chi connectivity index (χ2v) is 7.99. The van der Waals surface area contributed by atoms with Crippen LogP contribution in [0.5, 0.6) is 5.75 Å². The van der Waals surface area contributed by atoms with Crippen molar-refractivity contribution in [1.29, 1.82) is 0 Å². The van der Waals surface area contributed by atoms with Gasteiger partial charge in [0.2, 0.25) is 0 Å². The van der Waals surface area contributed by atoms with Gasteiger partial charge in [0.15, 0.2) is 17.3 Å². The first kappa shape index (κ1) is 20.5. The normalized spacial score (nSPS) is 13.3. The summed E-state index contributed by atoms with van der Waals surface area (Å²) in [6.07, 6.45) is 3.67. The number of allylic oxidation sites excluding steroid dienone is 4. The van der Waals surface area contributed by atoms with Gasteiger partial charge >= 0.3 is 0 Å². The van der Waals surface area contributed by atoms with Gasteiger partial charge in [-0.1, -0.05) is 17.3 Å². The zero-order valence-electron chi connectivity index (χ0n) is 16.8. The zero-order valence-corrected chi connectivity index (χ0v) is 17.6. The molecule has 0 atom stereocenters. The van der Waals surface area contributed by atoms with Crippen LogP contribution in [0, 0.1) is 0 Å². The van der Waals surface area contributed by atoms with Crippen molar-refractivity contribution in [3.8, 4) is 16.4 Å². The molecule has 2 heterocycles. The molecule has 0 spiro atoms. The van der Waals surface area contributed by atoms with Gasteiger partial charge in [-0.25, -0.2) is 0 Å². The molecule has 0 bridgehead atoms. The number of benzene rings is 1. The van der Waals surface area contributed by atoms with Crippen LogP contribution in [0.3, 0.4) is 0 Å². The highest BCUT2D eigenvalue weighted by molar-refractivity contribution is 7.17. The highest BCUT2D eigenvalue weighted by Gasteiger charge is 2.21. The molecule has 156 valence electrons. The molecule has 7 nitrogen and oxygen atoms in total. The summed E-state index contributed by atoms with van der Waals surface area (Å²) in [6, 6.07) is 12.6. The maximum atomic E-state index is 12.8. The van der Waals surface area contributed by atoms with Crippen LogP contribution >= 0.6 is 11.3 Å². The van der Waals surface area contributed by atoms with Crippen molar-refractivity contribution in [2.75, 3.05) is 14.2 Å². The topological polar surface area (TPSA) is 89.7 Å². The molecule has 0 fully saturated rings. The average molecular weight is 434 g/mol. The quantitative estimate of drug-likeness (QED) is 0.549. The molecule has 4 rings (SSSR count). The van der Waals surface area contributed by atoms with Crippen LogP contribution in [-0.2, 0) is 16.1 Å². The van der Waals surface area contributed by atoms with E-state index in [0.717, 1.165) is 11.3 Å². The Kier molecular flexibility index (Phi) is 5.64. The minimum Gasteiger partial charge on any atom is -0.497 e. The number of amides is 1. The minimum atomic E-state index is -0.304. The van der Waals surface area contributed by atoms with Gasteiger partial charge in [-0.3, -0.25) is 14.4 Å². The van der Waals surface area contributed by atoms with Crippen molar-refractivity contribution in [2.24, 2.45) is 0 Å². The SMILES string of the molecule is COc1ccc(CN(C)C(=O)c2ccc(-c3cc(C4=CC(=O)C=CC4=O)no3)s2)cc1. The summed E-state index contributed by atoms with van der Waals surface area (Å²) in [5, 5.41) is 3.91. The van der Waals surface area contributed by atoms with Crippen LogP contribution in [0.25, 0.3) is 16.2 Å². The van der Waals surface area contributed by atoms with Crippen LogP contribution in [0.1, 0.15) is 20.9 Å². The summed E-state index contributed by atoms with van der Waals surface area (Å²) in [5.74, 6) is 0.489. The lowest BCUT2D eigenvalue weighted by molar-refractivity contribution is -0.113. The summed E-state index contributed by atoms with van der Waals surface area (Å²) in [5.41, 5.74) is 1.47. The Bertz CT molecular complexity index is 1220. The molecule has 0 unspecified atom stereocenters. The van der Waals surface area contributed by atoms with Gasteiger partial charge in [-0.2, -0.15) is 0 Å². The number of hydrogen-bond donors (Lipinski definition) is 0. The smallest absolute Gasteiger partial charge is 0.263 e. The van der Waals surface area contributed by atoms with Crippen molar-refractivity contribution in [1.82, 2.24) is 10.1 Å². The van der Waals surface area contributed by atoms with Crippen LogP contribution in [0.2, 0.25) is 0 Å². The third-order valence-electron chi connectivity index (χ3n) is 4.72. The molecule has 0 N–H and O–H groups in total. The number of aromatic nitrogens is 1. The van der Waals surface area contributed by atoms with E-state index in [2.05, 4.69) is 5.16 Å². The molecule has 0 saturated heterocycles. The lowest BCUT2D eigenvalue weighted by atomic mass is 10.0. The number of ether oxygens (including phenoxy) is 1. The molecule has 0 aliphatic heterocycles. The Morgan fingerprint density at radius 3 is 2.65 bits per heavy atom. The third-order valence-corrected chi connectivity index (χ3v) is 5.81. The molecule has 8 heteroatoms. The molecule has 1 amide bonds. The van der Waals surface area contributed by atoms with E-state index < -0.39 is 0 Å². The van der Waals surface area contributed by atoms with E-state index >= 15 is 0 Å². The fourth-order valence-corrected chi connectivity index (χ4v) is 4.03. The molecule has 0 saturated carbocycles. The lowest BCUT2D eigenvalue weighted by Gasteiger charge is -2.16. The minimum absolute atomic E-state index is 0.118. The number of rotatable bonds is 6. The van der Waals surface area contributed by atoms with Crippen LogP contribution < -0.4 is 4.74 Å². The van der Waals surface area contributed by atoms with Gasteiger partial charge in [-0.05, 0) is 48.1 Å². The highest BCUT2D eigenvalue weighted by atomic mass is 32.1. The van der Waals surface area contributed by atoms with Crippen LogP contribution in [-0.4, -0.2) is 41.7 Å². The summed E-state index contributed by atoms with van der Waals surface area (Å²) in [7, 11) is 3.35. The third kappa shape index (κ3) is 4.39. The van der Waals surface area contributed by atoms with E-state index in [1.807, 2.05) is 24.3 Å². The Balaban J connectivity index is 1.47. The van der Waals surface area contributed by atoms with Crippen LogP contribution in [0.4, 0.5) is 0 Å². The van der Waals surface area contributed by atoms with E-state index in [9.17, 15) is 14.4 Å². The van der Waals surface area contributed by atoms with Gasteiger partial charge in [-0.15, -0.1) is 11.3 Å². The second kappa shape index (κ2) is 8.53. The molecular weight excluding hydrogens is 416 g/mol. The first-order valence-electron chi connectivity index (χ1n) is 9.38. The lowest BCUT2D eigenvalue weighted by Crippen LogP contribution is -2.25. The molecule has 1 aromatic carbocycles. The predicted molar refractivity (Wildman–Crippen MR) is 116 cm³/mol. The second-order valence-electron chi connectivity index (χ2n) is 6.91. The van der Waals surface area contributed by atoms with Crippen molar-refractivity contribution < 1.29 is 23.6 Å². The number of ketones is 2. The Hall–Kier alpha value is -3.78. The zero-order chi connectivity index (χ0) is 22.0. The number of carbonyl (C=O) groups excluding carboxylic acids is 3. The van der Waals surface area contributed by atoms with Crippen molar-refractivity contribution >= 4 is 34.4 Å². The van der Waals surface area contributed by atoms with Gasteiger partial charge in [0.1, 0.15) is 11.4 Å². The number of carbonyl (C=O) groups is 3. The molecule has 31 heavy (non-hydrogen) atoms. The first-order chi connectivity index (χ1) is 14.9. The van der Waals surface area contributed by atoms with Crippen molar-refractivity contribution in [2.45, 2.75) is 6.54 Å². The number of thiophene rings is 1.